The summed E-state index contributed by atoms with van der Waals surface area (Å²) in [6, 6.07) is 12.5. The van der Waals surface area contributed by atoms with Crippen LogP contribution in [0.2, 0.25) is 0 Å². The van der Waals surface area contributed by atoms with Crippen LogP contribution in [0.5, 0.6) is 11.5 Å². The molecule has 1 N–H and O–H groups in total. The number of nitrogens with one attached hydrogen (secondary N) is 1. The first-order chi connectivity index (χ1) is 18.3. The van der Waals surface area contributed by atoms with E-state index in [1.165, 1.54) is 49.8 Å². The van der Waals surface area contributed by atoms with E-state index >= 15 is 0 Å². The van der Waals surface area contributed by atoms with E-state index in [0.717, 1.165) is 40.4 Å². The van der Waals surface area contributed by atoms with E-state index in [-0.39, 0.29) is 22.9 Å². The van der Waals surface area contributed by atoms with E-state index in [1.807, 2.05) is 0 Å². The van der Waals surface area contributed by atoms with Gasteiger partial charge in [0.05, 0.1) is 37.0 Å². The first kappa shape index (κ1) is 27.5. The van der Waals surface area contributed by atoms with Crippen molar-refractivity contribution in [2.75, 3.05) is 37.0 Å². The number of benzene rings is 2. The van der Waals surface area contributed by atoms with Gasteiger partial charge in [0.15, 0.2) is 0 Å². The number of hydrogen-bond acceptors (Lipinski definition) is 8. The van der Waals surface area contributed by atoms with Crippen LogP contribution in [0.15, 0.2) is 53.4 Å². The Kier molecular flexibility index (Phi) is 8.58. The summed E-state index contributed by atoms with van der Waals surface area (Å²) in [5, 5.41) is 3.18. The molecule has 0 atom stereocenters. The van der Waals surface area contributed by atoms with Gasteiger partial charge in [-0.25, -0.2) is 13.2 Å². The number of carbonyl (C=O) groups is 2. The van der Waals surface area contributed by atoms with Crippen LogP contribution in [0.1, 0.15) is 40.6 Å². The van der Waals surface area contributed by atoms with Crippen LogP contribution < -0.4 is 19.1 Å². The fourth-order valence-corrected chi connectivity index (χ4v) is 7.11. The van der Waals surface area contributed by atoms with Crippen molar-refractivity contribution in [2.24, 2.45) is 0 Å². The average Bonchev–Trinajstić information content (AvgIpc) is 3.29. The number of carbonyl (C=O) groups excluding carboxylic acids is 2. The number of anilines is 2. The van der Waals surface area contributed by atoms with Crippen molar-refractivity contribution >= 4 is 43.9 Å². The van der Waals surface area contributed by atoms with Crippen molar-refractivity contribution in [3.8, 4) is 11.5 Å². The molecule has 0 spiro atoms. The number of rotatable bonds is 10. The fourth-order valence-electron chi connectivity index (χ4n) is 4.38. The number of amides is 1. The van der Waals surface area contributed by atoms with Gasteiger partial charge >= 0.3 is 5.97 Å². The second kappa shape index (κ2) is 11.9. The molecule has 38 heavy (non-hydrogen) atoms. The smallest absolute Gasteiger partial charge is 0.341 e. The number of fused-ring (bicyclic) bond motifs is 1. The molecule has 0 saturated heterocycles. The fraction of sp³-hybridized carbons (Fsp3) is 0.333. The lowest BCUT2D eigenvalue weighted by molar-refractivity contribution is -0.114. The maximum Gasteiger partial charge on any atom is 0.341 e. The van der Waals surface area contributed by atoms with E-state index in [1.54, 1.807) is 31.2 Å². The van der Waals surface area contributed by atoms with Gasteiger partial charge in [0.25, 0.3) is 10.0 Å². The number of thiophene rings is 1. The van der Waals surface area contributed by atoms with E-state index in [2.05, 4.69) is 5.32 Å². The number of ether oxygens (including phenoxy) is 3. The monoisotopic (exact) mass is 558 g/mol. The van der Waals surface area contributed by atoms with E-state index in [0.29, 0.717) is 16.3 Å². The van der Waals surface area contributed by atoms with E-state index in [4.69, 9.17) is 14.2 Å². The summed E-state index contributed by atoms with van der Waals surface area (Å²) in [5.41, 5.74) is 1.47. The third kappa shape index (κ3) is 5.63. The van der Waals surface area contributed by atoms with Gasteiger partial charge in [0.2, 0.25) is 5.91 Å². The average molecular weight is 559 g/mol. The number of methoxy groups -OCH3 is 2. The number of nitrogens with zero attached hydrogens (tertiary/aromatic N) is 1. The summed E-state index contributed by atoms with van der Waals surface area (Å²) >= 11 is 1.34. The van der Waals surface area contributed by atoms with Crippen molar-refractivity contribution in [3.63, 3.8) is 0 Å². The topological polar surface area (TPSA) is 111 Å². The van der Waals surface area contributed by atoms with Gasteiger partial charge in [-0.15, -0.1) is 11.3 Å². The molecule has 11 heteroatoms. The molecule has 1 aromatic heterocycles. The molecule has 202 valence electrons. The van der Waals surface area contributed by atoms with E-state index < -0.39 is 28.4 Å². The Hall–Kier alpha value is -3.57. The minimum Gasteiger partial charge on any atom is -0.497 e. The summed E-state index contributed by atoms with van der Waals surface area (Å²) in [7, 11) is -1.27. The standard InChI is InChI=1S/C27H30N2O7S2/c1-4-36-27(31)25-20-9-5-8-12-23(20)37-26(25)28-24(30)17-29(21-10-6-7-11-22(21)35-3)38(32,33)19-15-13-18(34-2)14-16-19/h6-7,10-11,13-16H,4-5,8-9,12,17H2,1-3H3,(H,28,30). The zero-order chi connectivity index (χ0) is 27.3. The third-order valence-corrected chi connectivity index (χ3v) is 9.17. The minimum atomic E-state index is -4.19. The molecule has 9 nitrogen and oxygen atoms in total. The predicted octanol–water partition coefficient (Wildman–Crippen LogP) is 4.65. The van der Waals surface area contributed by atoms with Crippen molar-refractivity contribution < 1.29 is 32.2 Å². The summed E-state index contributed by atoms with van der Waals surface area (Å²) in [6.45, 7) is 1.39. The summed E-state index contributed by atoms with van der Waals surface area (Å²) in [5.74, 6) is -0.304. The van der Waals surface area contributed by atoms with Crippen LogP contribution in [0.3, 0.4) is 0 Å². The van der Waals surface area contributed by atoms with Crippen LogP contribution in [0.25, 0.3) is 0 Å². The van der Waals surface area contributed by atoms with Crippen LogP contribution in [0.4, 0.5) is 10.7 Å². The van der Waals surface area contributed by atoms with Gasteiger partial charge in [-0.3, -0.25) is 9.10 Å². The number of para-hydroxylation sites is 2. The quantitative estimate of drug-likeness (QED) is 0.361. The van der Waals surface area contributed by atoms with Crippen molar-refractivity contribution in [3.05, 3.63) is 64.5 Å². The molecule has 2 aromatic carbocycles. The van der Waals surface area contributed by atoms with Gasteiger partial charge in [-0.1, -0.05) is 12.1 Å². The molecule has 4 rings (SSSR count). The highest BCUT2D eigenvalue weighted by molar-refractivity contribution is 7.92. The summed E-state index contributed by atoms with van der Waals surface area (Å²) < 4.78 is 44.4. The number of aryl methyl sites for hydroxylation is 1. The predicted molar refractivity (Wildman–Crippen MR) is 146 cm³/mol. The molecule has 3 aromatic rings. The molecule has 1 heterocycles. The Balaban J connectivity index is 1.70. The zero-order valence-corrected chi connectivity index (χ0v) is 23.1. The highest BCUT2D eigenvalue weighted by atomic mass is 32.2. The number of hydrogen-bond donors (Lipinski definition) is 1. The number of esters is 1. The lowest BCUT2D eigenvalue weighted by Gasteiger charge is -2.25. The van der Waals surface area contributed by atoms with Gasteiger partial charge < -0.3 is 19.5 Å². The molecule has 0 bridgehead atoms. The Morgan fingerprint density at radius 2 is 1.71 bits per heavy atom. The van der Waals surface area contributed by atoms with Crippen LogP contribution in [-0.2, 0) is 32.4 Å². The molecule has 1 amide bonds. The van der Waals surface area contributed by atoms with Crippen LogP contribution >= 0.6 is 11.3 Å². The van der Waals surface area contributed by atoms with Crippen molar-refractivity contribution in [1.82, 2.24) is 0 Å². The lowest BCUT2D eigenvalue weighted by Crippen LogP contribution is -2.38. The second-order valence-corrected chi connectivity index (χ2v) is 11.5. The summed E-state index contributed by atoms with van der Waals surface area (Å²) in [4.78, 5) is 27.2. The maximum atomic E-state index is 13.8. The first-order valence-electron chi connectivity index (χ1n) is 12.2. The SMILES string of the molecule is CCOC(=O)c1c(NC(=O)CN(c2ccccc2OC)S(=O)(=O)c2ccc(OC)cc2)sc2c1CCCC2. The molecule has 1 aliphatic rings. The molecular formula is C27H30N2O7S2. The molecule has 0 aliphatic heterocycles. The van der Waals surface area contributed by atoms with Crippen molar-refractivity contribution in [1.29, 1.82) is 0 Å². The normalized spacial score (nSPS) is 12.8. The van der Waals surface area contributed by atoms with Crippen molar-refractivity contribution in [2.45, 2.75) is 37.5 Å². The second-order valence-electron chi connectivity index (χ2n) is 8.54. The Bertz CT molecular complexity index is 1420. The molecule has 0 fully saturated rings. The molecular weight excluding hydrogens is 528 g/mol. The van der Waals surface area contributed by atoms with Gasteiger partial charge in [0, 0.05) is 4.88 Å². The van der Waals surface area contributed by atoms with E-state index in [9.17, 15) is 18.0 Å². The molecule has 0 unspecified atom stereocenters. The van der Waals surface area contributed by atoms with Gasteiger partial charge in [0.1, 0.15) is 23.0 Å². The highest BCUT2D eigenvalue weighted by Gasteiger charge is 2.31. The molecule has 0 radical (unpaired) electrons. The Labute approximate surface area is 226 Å². The maximum absolute atomic E-state index is 13.8. The lowest BCUT2D eigenvalue weighted by atomic mass is 9.95. The Morgan fingerprint density at radius 1 is 1.00 bits per heavy atom. The van der Waals surface area contributed by atoms with Gasteiger partial charge in [-0.2, -0.15) is 0 Å². The van der Waals surface area contributed by atoms with Crippen LogP contribution in [-0.4, -0.2) is 47.7 Å². The largest absolute Gasteiger partial charge is 0.497 e. The Morgan fingerprint density at radius 3 is 2.39 bits per heavy atom. The highest BCUT2D eigenvalue weighted by Crippen LogP contribution is 2.39. The van der Waals surface area contributed by atoms with Gasteiger partial charge in [-0.05, 0) is 74.6 Å². The molecule has 0 saturated carbocycles. The summed E-state index contributed by atoms with van der Waals surface area (Å²) in [6.07, 6.45) is 3.51. The third-order valence-electron chi connectivity index (χ3n) is 6.19. The minimum absolute atomic E-state index is 0.0178. The van der Waals surface area contributed by atoms with Crippen LogP contribution in [0, 0.1) is 0 Å². The zero-order valence-electron chi connectivity index (χ0n) is 21.5. The molecule has 1 aliphatic carbocycles. The number of sulfonamides is 1. The first-order valence-corrected chi connectivity index (χ1v) is 14.5.